The predicted molar refractivity (Wildman–Crippen MR) is 76.1 cm³/mol. The zero-order valence-corrected chi connectivity index (χ0v) is 11.5. The maximum absolute atomic E-state index is 5.81. The van der Waals surface area contributed by atoms with Gasteiger partial charge in [-0.1, -0.05) is 41.9 Å². The molecular weight excluding hydrogens is 268 g/mol. The van der Waals surface area contributed by atoms with Crippen LogP contribution in [0.2, 0.25) is 5.15 Å². The molecule has 1 aromatic heterocycles. The standard InChI is InChI=1S/C8H5ClN2S.C4H10N2/c9-8-7(10-12-11-8)6-4-2-1-3-5-6;1-2-6-4-3-5-1/h1-5H;5-6H,1-4H2. The molecule has 96 valence electrons. The van der Waals surface area contributed by atoms with Gasteiger partial charge in [0.05, 0.1) is 11.7 Å². The number of benzene rings is 1. The minimum atomic E-state index is 0.478. The number of hydrogen-bond acceptors (Lipinski definition) is 5. The molecule has 2 heterocycles. The zero-order chi connectivity index (χ0) is 12.6. The zero-order valence-electron chi connectivity index (χ0n) is 9.90. The molecule has 0 bridgehead atoms. The minimum Gasteiger partial charge on any atom is -0.314 e. The highest BCUT2D eigenvalue weighted by molar-refractivity contribution is 6.99. The number of aromatic nitrogens is 2. The average Bonchev–Trinajstić information content (AvgIpc) is 2.89. The fourth-order valence-corrected chi connectivity index (χ4v) is 2.32. The predicted octanol–water partition coefficient (Wildman–Crippen LogP) is 2.04. The Bertz CT molecular complexity index is 445. The van der Waals surface area contributed by atoms with Crippen molar-refractivity contribution in [1.82, 2.24) is 19.4 Å². The van der Waals surface area contributed by atoms with Crippen LogP contribution in [0.1, 0.15) is 0 Å². The molecule has 0 saturated carbocycles. The van der Waals surface area contributed by atoms with Crippen molar-refractivity contribution in [2.24, 2.45) is 0 Å². The summed E-state index contributed by atoms with van der Waals surface area (Å²) in [6.07, 6.45) is 0. The van der Waals surface area contributed by atoms with E-state index in [-0.39, 0.29) is 0 Å². The molecule has 18 heavy (non-hydrogen) atoms. The van der Waals surface area contributed by atoms with Crippen molar-refractivity contribution in [3.63, 3.8) is 0 Å². The summed E-state index contributed by atoms with van der Waals surface area (Å²) in [6, 6.07) is 9.78. The first-order valence-electron chi connectivity index (χ1n) is 5.83. The van der Waals surface area contributed by atoms with E-state index in [2.05, 4.69) is 19.4 Å². The first kappa shape index (κ1) is 13.4. The molecule has 1 aliphatic heterocycles. The van der Waals surface area contributed by atoms with Gasteiger partial charge < -0.3 is 10.6 Å². The Balaban J connectivity index is 0.000000169. The van der Waals surface area contributed by atoms with Crippen molar-refractivity contribution in [3.05, 3.63) is 35.5 Å². The van der Waals surface area contributed by atoms with E-state index in [1.54, 1.807) is 0 Å². The van der Waals surface area contributed by atoms with Gasteiger partial charge in [0, 0.05) is 31.7 Å². The highest BCUT2D eigenvalue weighted by Gasteiger charge is 2.06. The number of nitrogens with zero attached hydrogens (tertiary/aromatic N) is 2. The summed E-state index contributed by atoms with van der Waals surface area (Å²) >= 11 is 6.94. The molecule has 0 aliphatic carbocycles. The molecule has 1 aromatic carbocycles. The van der Waals surface area contributed by atoms with Gasteiger partial charge in [-0.25, -0.2) is 0 Å². The molecule has 1 fully saturated rings. The van der Waals surface area contributed by atoms with Gasteiger partial charge in [0.25, 0.3) is 0 Å². The Labute approximate surface area is 116 Å². The smallest absolute Gasteiger partial charge is 0.170 e. The number of rotatable bonds is 1. The van der Waals surface area contributed by atoms with Gasteiger partial charge in [-0.05, 0) is 0 Å². The highest BCUT2D eigenvalue weighted by Crippen LogP contribution is 2.24. The van der Waals surface area contributed by atoms with Crippen molar-refractivity contribution in [1.29, 1.82) is 0 Å². The van der Waals surface area contributed by atoms with E-state index >= 15 is 0 Å². The van der Waals surface area contributed by atoms with Crippen LogP contribution in [0, 0.1) is 0 Å². The second kappa shape index (κ2) is 7.43. The number of hydrogen-bond donors (Lipinski definition) is 2. The maximum atomic E-state index is 5.81. The van der Waals surface area contributed by atoms with Crippen LogP contribution in [0.25, 0.3) is 11.3 Å². The van der Waals surface area contributed by atoms with Crippen LogP contribution in [0.15, 0.2) is 30.3 Å². The Morgan fingerprint density at radius 3 is 2.00 bits per heavy atom. The molecule has 0 radical (unpaired) electrons. The largest absolute Gasteiger partial charge is 0.314 e. The SMILES string of the molecule is C1CNCCN1.Clc1nsnc1-c1ccccc1. The van der Waals surface area contributed by atoms with Gasteiger partial charge in [-0.3, -0.25) is 0 Å². The molecule has 0 atom stereocenters. The van der Waals surface area contributed by atoms with E-state index in [0.717, 1.165) is 49.2 Å². The molecule has 1 saturated heterocycles. The van der Waals surface area contributed by atoms with Crippen LogP contribution >= 0.6 is 23.3 Å². The van der Waals surface area contributed by atoms with E-state index in [9.17, 15) is 0 Å². The summed E-state index contributed by atoms with van der Waals surface area (Å²) < 4.78 is 7.97. The van der Waals surface area contributed by atoms with Gasteiger partial charge in [0.15, 0.2) is 5.15 Å². The normalized spacial score (nSPS) is 14.7. The summed E-state index contributed by atoms with van der Waals surface area (Å²) in [7, 11) is 0. The van der Waals surface area contributed by atoms with Crippen molar-refractivity contribution < 1.29 is 0 Å². The van der Waals surface area contributed by atoms with Crippen molar-refractivity contribution >= 4 is 23.3 Å². The van der Waals surface area contributed by atoms with Crippen LogP contribution in [0.3, 0.4) is 0 Å². The van der Waals surface area contributed by atoms with Gasteiger partial charge in [-0.15, -0.1) is 0 Å². The molecular formula is C12H15ClN4S. The highest BCUT2D eigenvalue weighted by atomic mass is 35.5. The van der Waals surface area contributed by atoms with Crippen molar-refractivity contribution in [3.8, 4) is 11.3 Å². The molecule has 0 amide bonds. The lowest BCUT2D eigenvalue weighted by Gasteiger charge is -2.11. The Hall–Kier alpha value is -1.01. The molecule has 4 nitrogen and oxygen atoms in total. The molecule has 2 N–H and O–H groups in total. The molecule has 6 heteroatoms. The maximum Gasteiger partial charge on any atom is 0.170 e. The number of halogens is 1. The second-order valence-electron chi connectivity index (χ2n) is 3.77. The lowest BCUT2D eigenvalue weighted by atomic mass is 10.2. The van der Waals surface area contributed by atoms with Crippen molar-refractivity contribution in [2.45, 2.75) is 0 Å². The summed E-state index contributed by atoms with van der Waals surface area (Å²) in [5.41, 5.74) is 1.78. The molecule has 0 unspecified atom stereocenters. The van der Waals surface area contributed by atoms with E-state index in [0.29, 0.717) is 5.15 Å². The first-order chi connectivity index (χ1) is 8.88. The third-order valence-electron chi connectivity index (χ3n) is 2.45. The van der Waals surface area contributed by atoms with E-state index < -0.39 is 0 Å². The van der Waals surface area contributed by atoms with Crippen LogP contribution < -0.4 is 10.6 Å². The fourth-order valence-electron chi connectivity index (χ4n) is 1.55. The Kier molecular flexibility index (Phi) is 5.54. The quantitative estimate of drug-likeness (QED) is 0.840. The van der Waals surface area contributed by atoms with Crippen LogP contribution in [0.4, 0.5) is 0 Å². The topological polar surface area (TPSA) is 49.8 Å². The summed E-state index contributed by atoms with van der Waals surface area (Å²) in [5.74, 6) is 0. The lowest BCUT2D eigenvalue weighted by Crippen LogP contribution is -2.39. The van der Waals surface area contributed by atoms with E-state index in [1.807, 2.05) is 30.3 Å². The monoisotopic (exact) mass is 282 g/mol. The molecule has 3 rings (SSSR count). The van der Waals surface area contributed by atoms with Gasteiger partial charge >= 0.3 is 0 Å². The van der Waals surface area contributed by atoms with Crippen LogP contribution in [0.5, 0.6) is 0 Å². The van der Waals surface area contributed by atoms with E-state index in [1.165, 1.54) is 0 Å². The first-order valence-corrected chi connectivity index (χ1v) is 6.93. The number of piperazine rings is 1. The van der Waals surface area contributed by atoms with Crippen molar-refractivity contribution in [2.75, 3.05) is 26.2 Å². The summed E-state index contributed by atoms with van der Waals surface area (Å²) in [4.78, 5) is 0. The van der Waals surface area contributed by atoms with Crippen LogP contribution in [-0.4, -0.2) is 34.9 Å². The fraction of sp³-hybridized carbons (Fsp3) is 0.333. The lowest BCUT2D eigenvalue weighted by molar-refractivity contribution is 0.534. The Morgan fingerprint density at radius 2 is 1.56 bits per heavy atom. The second-order valence-corrected chi connectivity index (χ2v) is 4.66. The summed E-state index contributed by atoms with van der Waals surface area (Å²) in [6.45, 7) is 4.56. The molecule has 0 spiro atoms. The van der Waals surface area contributed by atoms with Gasteiger partial charge in [0.1, 0.15) is 5.69 Å². The third-order valence-corrected chi connectivity index (χ3v) is 3.35. The van der Waals surface area contributed by atoms with Crippen LogP contribution in [-0.2, 0) is 0 Å². The molecule has 2 aromatic rings. The minimum absolute atomic E-state index is 0.478. The van der Waals surface area contributed by atoms with E-state index in [4.69, 9.17) is 11.6 Å². The average molecular weight is 283 g/mol. The number of nitrogens with one attached hydrogen (secondary N) is 2. The van der Waals surface area contributed by atoms with Gasteiger partial charge in [0.2, 0.25) is 0 Å². The molecule has 1 aliphatic rings. The third kappa shape index (κ3) is 4.03. The summed E-state index contributed by atoms with van der Waals surface area (Å²) in [5, 5.41) is 6.92. The van der Waals surface area contributed by atoms with Gasteiger partial charge in [-0.2, -0.15) is 8.75 Å². The Morgan fingerprint density at radius 1 is 0.944 bits per heavy atom.